The van der Waals surface area contributed by atoms with Gasteiger partial charge in [0, 0.05) is 22.3 Å². The Kier molecular flexibility index (Phi) is 5.04. The first-order valence-electron chi connectivity index (χ1n) is 9.15. The van der Waals surface area contributed by atoms with Gasteiger partial charge in [-0.05, 0) is 30.5 Å². The first kappa shape index (κ1) is 19.0. The zero-order chi connectivity index (χ0) is 21.1. The smallest absolute Gasteiger partial charge is 0.334 e. The molecule has 0 atom stereocenters. The normalized spacial score (nSPS) is 10.6. The van der Waals surface area contributed by atoms with Gasteiger partial charge < -0.3 is 10.6 Å². The molecule has 2 N–H and O–H groups in total. The van der Waals surface area contributed by atoms with Crippen LogP contribution >= 0.6 is 0 Å². The average molecular weight is 399 g/mol. The Morgan fingerprint density at radius 1 is 0.933 bits per heavy atom. The highest BCUT2D eigenvalue weighted by Crippen LogP contribution is 2.34. The maximum absolute atomic E-state index is 11.9. The number of carbonyl (C=O) groups is 1. The van der Waals surface area contributed by atoms with Crippen LogP contribution in [-0.2, 0) is 0 Å². The summed E-state index contributed by atoms with van der Waals surface area (Å²) in [6, 6.07) is 20.1. The molecule has 0 saturated heterocycles. The predicted octanol–water partition coefficient (Wildman–Crippen LogP) is 5.23. The van der Waals surface area contributed by atoms with Gasteiger partial charge >= 0.3 is 5.69 Å². The maximum Gasteiger partial charge on any atom is 0.353 e. The second-order valence-corrected chi connectivity index (χ2v) is 6.59. The average Bonchev–Trinajstić information content (AvgIpc) is 2.74. The molecule has 0 unspecified atom stereocenters. The van der Waals surface area contributed by atoms with Gasteiger partial charge in [-0.3, -0.25) is 14.9 Å². The molecule has 0 fully saturated rings. The standard InChI is InChI=1S/C22H17N5O3/c1-14(28)16-8-4-9-17(12-16)25-21-20(27(29)30)22(24-13-23-21)26-19-11-5-7-15-6-2-3-10-18(15)19/h2-13H,1H3,(H2,23,24,25,26). The molecular formula is C22H17N5O3. The fourth-order valence-electron chi connectivity index (χ4n) is 3.15. The molecule has 30 heavy (non-hydrogen) atoms. The molecule has 4 rings (SSSR count). The lowest BCUT2D eigenvalue weighted by Gasteiger charge is -2.12. The Morgan fingerprint density at radius 3 is 2.40 bits per heavy atom. The van der Waals surface area contributed by atoms with Crippen LogP contribution in [0.2, 0.25) is 0 Å². The van der Waals surface area contributed by atoms with Crippen molar-refractivity contribution in [2.45, 2.75) is 6.92 Å². The third kappa shape index (κ3) is 3.79. The van der Waals surface area contributed by atoms with Crippen LogP contribution in [0.15, 0.2) is 73.1 Å². The number of hydrogen-bond acceptors (Lipinski definition) is 7. The number of ketones is 1. The number of nitrogens with zero attached hydrogens (tertiary/aromatic N) is 3. The van der Waals surface area contributed by atoms with Gasteiger partial charge in [0.2, 0.25) is 11.6 Å². The van der Waals surface area contributed by atoms with E-state index in [0.29, 0.717) is 16.9 Å². The topological polar surface area (TPSA) is 110 Å². The van der Waals surface area contributed by atoms with Crippen LogP contribution in [0.5, 0.6) is 0 Å². The number of nitrogens with one attached hydrogen (secondary N) is 2. The summed E-state index contributed by atoms with van der Waals surface area (Å²) in [4.78, 5) is 31.1. The molecule has 4 aromatic rings. The van der Waals surface area contributed by atoms with Crippen LogP contribution in [-0.4, -0.2) is 20.7 Å². The van der Waals surface area contributed by atoms with Crippen molar-refractivity contribution in [3.63, 3.8) is 0 Å². The fraction of sp³-hybridized carbons (Fsp3) is 0.0455. The van der Waals surface area contributed by atoms with E-state index in [0.717, 1.165) is 10.8 Å². The van der Waals surface area contributed by atoms with E-state index in [1.165, 1.54) is 13.3 Å². The summed E-state index contributed by atoms with van der Waals surface area (Å²) in [5.41, 5.74) is 1.41. The third-order valence-electron chi connectivity index (χ3n) is 4.58. The Morgan fingerprint density at radius 2 is 1.63 bits per heavy atom. The van der Waals surface area contributed by atoms with E-state index in [1.807, 2.05) is 42.5 Å². The molecule has 3 aromatic carbocycles. The molecule has 0 spiro atoms. The molecule has 1 heterocycles. The Bertz CT molecular complexity index is 1270. The highest BCUT2D eigenvalue weighted by Gasteiger charge is 2.24. The molecule has 0 aliphatic rings. The molecule has 0 saturated carbocycles. The first-order valence-corrected chi connectivity index (χ1v) is 9.15. The van der Waals surface area contributed by atoms with Crippen molar-refractivity contribution in [3.05, 3.63) is 88.7 Å². The highest BCUT2D eigenvalue weighted by molar-refractivity contribution is 5.96. The second-order valence-electron chi connectivity index (χ2n) is 6.59. The quantitative estimate of drug-likeness (QED) is 0.259. The van der Waals surface area contributed by atoms with Gasteiger partial charge in [-0.25, -0.2) is 9.97 Å². The molecule has 0 aliphatic carbocycles. The number of rotatable bonds is 6. The zero-order valence-electron chi connectivity index (χ0n) is 16.0. The monoisotopic (exact) mass is 399 g/mol. The van der Waals surface area contributed by atoms with E-state index < -0.39 is 4.92 Å². The third-order valence-corrected chi connectivity index (χ3v) is 4.58. The molecule has 148 valence electrons. The van der Waals surface area contributed by atoms with Crippen molar-refractivity contribution in [3.8, 4) is 0 Å². The summed E-state index contributed by atoms with van der Waals surface area (Å²) >= 11 is 0. The van der Waals surface area contributed by atoms with Crippen molar-refractivity contribution < 1.29 is 9.72 Å². The van der Waals surface area contributed by atoms with Crippen molar-refractivity contribution in [2.24, 2.45) is 0 Å². The number of benzene rings is 3. The van der Waals surface area contributed by atoms with Gasteiger partial charge in [-0.1, -0.05) is 48.5 Å². The van der Waals surface area contributed by atoms with Gasteiger partial charge in [0.25, 0.3) is 0 Å². The number of fused-ring (bicyclic) bond motifs is 1. The minimum Gasteiger partial charge on any atom is -0.334 e. The zero-order valence-corrected chi connectivity index (χ0v) is 16.0. The molecule has 1 aromatic heterocycles. The molecule has 0 radical (unpaired) electrons. The lowest BCUT2D eigenvalue weighted by atomic mass is 10.1. The van der Waals surface area contributed by atoms with Gasteiger partial charge in [-0.15, -0.1) is 0 Å². The number of nitro groups is 1. The summed E-state index contributed by atoms with van der Waals surface area (Å²) in [7, 11) is 0. The van der Waals surface area contributed by atoms with Crippen LogP contribution in [0.3, 0.4) is 0 Å². The number of anilines is 4. The van der Waals surface area contributed by atoms with E-state index in [2.05, 4.69) is 20.6 Å². The molecule has 8 heteroatoms. The van der Waals surface area contributed by atoms with Crippen LogP contribution in [0.1, 0.15) is 17.3 Å². The molecule has 0 aliphatic heterocycles. The number of hydrogen-bond donors (Lipinski definition) is 2. The molecular weight excluding hydrogens is 382 g/mol. The van der Waals surface area contributed by atoms with Crippen LogP contribution < -0.4 is 10.6 Å². The minimum absolute atomic E-state index is 0.0263. The number of aromatic nitrogens is 2. The van der Waals surface area contributed by atoms with Crippen LogP contribution in [0, 0.1) is 10.1 Å². The fourth-order valence-corrected chi connectivity index (χ4v) is 3.15. The highest BCUT2D eigenvalue weighted by atomic mass is 16.6. The lowest BCUT2D eigenvalue weighted by molar-refractivity contribution is -0.383. The van der Waals surface area contributed by atoms with Gasteiger partial charge in [0.05, 0.1) is 4.92 Å². The molecule has 0 amide bonds. The maximum atomic E-state index is 11.9. The summed E-state index contributed by atoms with van der Waals surface area (Å²) in [6.45, 7) is 1.46. The van der Waals surface area contributed by atoms with Crippen LogP contribution in [0.25, 0.3) is 10.8 Å². The first-order chi connectivity index (χ1) is 14.5. The molecule has 0 bridgehead atoms. The van der Waals surface area contributed by atoms with E-state index in [9.17, 15) is 14.9 Å². The van der Waals surface area contributed by atoms with Crippen molar-refractivity contribution in [2.75, 3.05) is 10.6 Å². The number of carbonyl (C=O) groups excluding carboxylic acids is 1. The Labute approximate surface area is 171 Å². The molecule has 8 nitrogen and oxygen atoms in total. The van der Waals surface area contributed by atoms with E-state index >= 15 is 0 Å². The summed E-state index contributed by atoms with van der Waals surface area (Å²) in [5, 5.41) is 19.8. The van der Waals surface area contributed by atoms with E-state index in [-0.39, 0.29) is 23.1 Å². The van der Waals surface area contributed by atoms with Crippen molar-refractivity contribution >= 4 is 45.3 Å². The second kappa shape index (κ2) is 7.96. The Hall–Kier alpha value is -4.33. The van der Waals surface area contributed by atoms with Gasteiger partial charge in [0.1, 0.15) is 6.33 Å². The van der Waals surface area contributed by atoms with Crippen LogP contribution in [0.4, 0.5) is 28.7 Å². The van der Waals surface area contributed by atoms with Crippen molar-refractivity contribution in [1.82, 2.24) is 9.97 Å². The summed E-state index contributed by atoms with van der Waals surface area (Å²) < 4.78 is 0. The number of Topliss-reactive ketones (excluding diaryl/α,β-unsaturated/α-hetero) is 1. The van der Waals surface area contributed by atoms with Gasteiger partial charge in [-0.2, -0.15) is 0 Å². The van der Waals surface area contributed by atoms with Gasteiger partial charge in [0.15, 0.2) is 5.78 Å². The largest absolute Gasteiger partial charge is 0.353 e. The van der Waals surface area contributed by atoms with E-state index in [4.69, 9.17) is 0 Å². The van der Waals surface area contributed by atoms with Crippen molar-refractivity contribution in [1.29, 1.82) is 0 Å². The van der Waals surface area contributed by atoms with E-state index in [1.54, 1.807) is 24.3 Å². The predicted molar refractivity (Wildman–Crippen MR) is 116 cm³/mol. The SMILES string of the molecule is CC(=O)c1cccc(Nc2ncnc(Nc3cccc4ccccc34)c2[N+](=O)[O-])c1. The lowest BCUT2D eigenvalue weighted by Crippen LogP contribution is -2.06. The Balaban J connectivity index is 1.74. The summed E-state index contributed by atoms with van der Waals surface area (Å²) in [6.07, 6.45) is 1.25. The minimum atomic E-state index is -0.537. The summed E-state index contributed by atoms with van der Waals surface area (Å²) in [5.74, 6) is -0.0100.